The molecule has 1 aromatic rings. The van der Waals surface area contributed by atoms with E-state index in [0.717, 1.165) is 11.0 Å². The van der Waals surface area contributed by atoms with E-state index in [0.29, 0.717) is 39.0 Å². The molecule has 0 N–H and O–H groups in total. The molecule has 22 heavy (non-hydrogen) atoms. The SMILES string of the molecule is CCCN(CCC)S(=O)(=O)c1ncn(C(=O)N(CC)CC)n1. The molecule has 1 rings (SSSR count). The highest BCUT2D eigenvalue weighted by Gasteiger charge is 2.28. The molecule has 0 unspecified atom stereocenters. The first-order chi connectivity index (χ1) is 10.4. The fourth-order valence-corrected chi connectivity index (χ4v) is 3.51. The summed E-state index contributed by atoms with van der Waals surface area (Å²) in [6.45, 7) is 9.39. The lowest BCUT2D eigenvalue weighted by Crippen LogP contribution is -2.35. The van der Waals surface area contributed by atoms with E-state index in [1.165, 1.54) is 4.31 Å². The van der Waals surface area contributed by atoms with Gasteiger partial charge in [-0.1, -0.05) is 13.8 Å². The molecule has 0 fully saturated rings. The van der Waals surface area contributed by atoms with Crippen molar-refractivity contribution in [1.29, 1.82) is 0 Å². The van der Waals surface area contributed by atoms with Crippen molar-refractivity contribution in [2.24, 2.45) is 0 Å². The van der Waals surface area contributed by atoms with Crippen molar-refractivity contribution in [1.82, 2.24) is 24.0 Å². The zero-order valence-electron chi connectivity index (χ0n) is 13.7. The first-order valence-electron chi connectivity index (χ1n) is 7.63. The second kappa shape index (κ2) is 8.23. The van der Waals surface area contributed by atoms with E-state index >= 15 is 0 Å². The molecule has 0 bridgehead atoms. The van der Waals surface area contributed by atoms with Crippen molar-refractivity contribution < 1.29 is 13.2 Å². The van der Waals surface area contributed by atoms with Gasteiger partial charge in [-0.25, -0.2) is 18.2 Å². The topological polar surface area (TPSA) is 88.4 Å². The largest absolute Gasteiger partial charge is 0.346 e. The number of nitrogens with zero attached hydrogens (tertiary/aromatic N) is 5. The van der Waals surface area contributed by atoms with Crippen LogP contribution in [0.15, 0.2) is 11.5 Å². The molecule has 0 aliphatic rings. The summed E-state index contributed by atoms with van der Waals surface area (Å²) < 4.78 is 27.4. The molecule has 8 nitrogen and oxygen atoms in total. The van der Waals surface area contributed by atoms with Gasteiger partial charge >= 0.3 is 6.03 Å². The number of hydrogen-bond acceptors (Lipinski definition) is 5. The molecule has 0 spiro atoms. The standard InChI is InChI=1S/C13H25N5O3S/c1-5-9-17(10-6-2)22(20,21)12-14-11-18(15-12)13(19)16(7-3)8-4/h11H,5-10H2,1-4H3. The lowest BCUT2D eigenvalue weighted by molar-refractivity contribution is 0.201. The molecule has 0 aliphatic carbocycles. The molecule has 1 aromatic heterocycles. The summed E-state index contributed by atoms with van der Waals surface area (Å²) in [5.41, 5.74) is 0. The smallest absolute Gasteiger partial charge is 0.323 e. The van der Waals surface area contributed by atoms with Crippen LogP contribution in [0.25, 0.3) is 0 Å². The fourth-order valence-electron chi connectivity index (χ4n) is 2.06. The van der Waals surface area contributed by atoms with E-state index in [4.69, 9.17) is 0 Å². The Morgan fingerprint density at radius 2 is 1.68 bits per heavy atom. The average molecular weight is 331 g/mol. The Morgan fingerprint density at radius 1 is 1.14 bits per heavy atom. The van der Waals surface area contributed by atoms with Gasteiger partial charge in [0, 0.05) is 26.2 Å². The Balaban J connectivity index is 3.05. The van der Waals surface area contributed by atoms with E-state index < -0.39 is 10.0 Å². The Bertz CT molecular complexity index is 574. The number of carbonyl (C=O) groups is 1. The molecule has 0 aliphatic heterocycles. The first-order valence-corrected chi connectivity index (χ1v) is 9.07. The number of hydrogen-bond donors (Lipinski definition) is 0. The normalized spacial score (nSPS) is 11.9. The van der Waals surface area contributed by atoms with Gasteiger partial charge in [-0.2, -0.15) is 8.99 Å². The van der Waals surface area contributed by atoms with Crippen molar-refractivity contribution >= 4 is 16.1 Å². The summed E-state index contributed by atoms with van der Waals surface area (Å²) in [7, 11) is -3.76. The van der Waals surface area contributed by atoms with E-state index in [9.17, 15) is 13.2 Å². The summed E-state index contributed by atoms with van der Waals surface area (Å²) in [5, 5.41) is 3.54. The average Bonchev–Trinajstić information content (AvgIpc) is 2.98. The van der Waals surface area contributed by atoms with Crippen molar-refractivity contribution in [3.63, 3.8) is 0 Å². The maximum Gasteiger partial charge on any atom is 0.346 e. The molecule has 0 saturated carbocycles. The number of amides is 1. The first kappa shape index (κ1) is 18.6. The van der Waals surface area contributed by atoms with Crippen LogP contribution in [0.5, 0.6) is 0 Å². The maximum atomic E-state index is 12.5. The highest BCUT2D eigenvalue weighted by atomic mass is 32.2. The van der Waals surface area contributed by atoms with Crippen LogP contribution in [0, 0.1) is 0 Å². The molecule has 126 valence electrons. The van der Waals surface area contributed by atoms with Gasteiger partial charge in [0.25, 0.3) is 15.2 Å². The molecule has 0 aromatic carbocycles. The predicted molar refractivity (Wildman–Crippen MR) is 83.1 cm³/mol. The van der Waals surface area contributed by atoms with Gasteiger partial charge in [0.1, 0.15) is 6.33 Å². The van der Waals surface area contributed by atoms with Gasteiger partial charge in [-0.15, -0.1) is 5.10 Å². The Labute approximate surface area is 132 Å². The summed E-state index contributed by atoms with van der Waals surface area (Å²) in [6.07, 6.45) is 2.57. The quantitative estimate of drug-likeness (QED) is 0.718. The molecule has 0 saturated heterocycles. The minimum absolute atomic E-state index is 0.324. The minimum Gasteiger partial charge on any atom is -0.323 e. The van der Waals surface area contributed by atoms with Gasteiger partial charge in [0.15, 0.2) is 0 Å². The highest BCUT2D eigenvalue weighted by molar-refractivity contribution is 7.88. The van der Waals surface area contributed by atoms with E-state index in [-0.39, 0.29) is 11.2 Å². The summed E-state index contributed by atoms with van der Waals surface area (Å²) in [6, 6.07) is -0.378. The molecule has 1 heterocycles. The number of rotatable bonds is 8. The molecule has 9 heteroatoms. The summed E-state index contributed by atoms with van der Waals surface area (Å²) in [4.78, 5) is 17.5. The van der Waals surface area contributed by atoms with Crippen LogP contribution in [-0.4, -0.2) is 64.6 Å². The van der Waals surface area contributed by atoms with Gasteiger partial charge in [0.2, 0.25) is 0 Å². The summed E-state index contributed by atoms with van der Waals surface area (Å²) >= 11 is 0. The van der Waals surface area contributed by atoms with Crippen LogP contribution in [-0.2, 0) is 10.0 Å². The minimum atomic E-state index is -3.76. The highest BCUT2D eigenvalue weighted by Crippen LogP contribution is 2.12. The molecule has 1 amide bonds. The van der Waals surface area contributed by atoms with Crippen LogP contribution < -0.4 is 0 Å². The molecular weight excluding hydrogens is 306 g/mol. The Kier molecular flexibility index (Phi) is 6.95. The number of carbonyl (C=O) groups excluding carboxylic acids is 1. The Morgan fingerprint density at radius 3 is 2.14 bits per heavy atom. The van der Waals surface area contributed by atoms with Crippen molar-refractivity contribution in [3.05, 3.63) is 6.33 Å². The number of sulfonamides is 1. The molecule has 0 radical (unpaired) electrons. The third-order valence-corrected chi connectivity index (χ3v) is 4.91. The predicted octanol–water partition coefficient (Wildman–Crippen LogP) is 1.40. The zero-order chi connectivity index (χ0) is 16.8. The van der Waals surface area contributed by atoms with Crippen LogP contribution in [0.2, 0.25) is 0 Å². The third kappa shape index (κ3) is 4.04. The number of aromatic nitrogens is 3. The van der Waals surface area contributed by atoms with E-state index in [1.54, 1.807) is 4.90 Å². The Hall–Kier alpha value is -1.48. The van der Waals surface area contributed by atoms with Crippen LogP contribution >= 0.6 is 0 Å². The zero-order valence-corrected chi connectivity index (χ0v) is 14.5. The van der Waals surface area contributed by atoms with Gasteiger partial charge in [-0.05, 0) is 26.7 Å². The van der Waals surface area contributed by atoms with Crippen molar-refractivity contribution in [2.45, 2.75) is 45.7 Å². The van der Waals surface area contributed by atoms with Gasteiger partial charge < -0.3 is 4.90 Å². The van der Waals surface area contributed by atoms with Crippen LogP contribution in [0.3, 0.4) is 0 Å². The molecule has 0 atom stereocenters. The second-order valence-electron chi connectivity index (χ2n) is 4.83. The van der Waals surface area contributed by atoms with Crippen molar-refractivity contribution in [2.75, 3.05) is 26.2 Å². The van der Waals surface area contributed by atoms with E-state index in [2.05, 4.69) is 10.1 Å². The second-order valence-corrected chi connectivity index (χ2v) is 6.66. The van der Waals surface area contributed by atoms with Gasteiger partial charge in [0.05, 0.1) is 0 Å². The van der Waals surface area contributed by atoms with Crippen LogP contribution in [0.1, 0.15) is 40.5 Å². The third-order valence-electron chi connectivity index (χ3n) is 3.22. The van der Waals surface area contributed by atoms with Crippen LogP contribution in [0.4, 0.5) is 4.79 Å². The van der Waals surface area contributed by atoms with E-state index in [1.807, 2.05) is 27.7 Å². The molecular formula is C13H25N5O3S. The maximum absolute atomic E-state index is 12.5. The van der Waals surface area contributed by atoms with Gasteiger partial charge in [-0.3, -0.25) is 0 Å². The monoisotopic (exact) mass is 331 g/mol. The summed E-state index contributed by atoms with van der Waals surface area (Å²) in [5.74, 6) is 0. The fraction of sp³-hybridized carbons (Fsp3) is 0.769. The lowest BCUT2D eigenvalue weighted by atomic mass is 10.4. The lowest BCUT2D eigenvalue weighted by Gasteiger charge is -2.19. The van der Waals surface area contributed by atoms with Crippen molar-refractivity contribution in [3.8, 4) is 0 Å².